The molecule has 0 unspecified atom stereocenters. The first-order chi connectivity index (χ1) is 13.6. The van der Waals surface area contributed by atoms with E-state index >= 15 is 0 Å². The average Bonchev–Trinajstić information content (AvgIpc) is 3.50. The summed E-state index contributed by atoms with van der Waals surface area (Å²) in [7, 11) is 0. The van der Waals surface area contributed by atoms with E-state index in [9.17, 15) is 13.6 Å². The van der Waals surface area contributed by atoms with E-state index in [0.717, 1.165) is 31.4 Å². The Bertz CT molecular complexity index is 706. The van der Waals surface area contributed by atoms with Crippen LogP contribution in [0.1, 0.15) is 32.6 Å². The monoisotopic (exact) mass is 521 g/mol. The zero-order chi connectivity index (χ0) is 19.9. The number of rotatable bonds is 7. The molecule has 1 amide bonds. The summed E-state index contributed by atoms with van der Waals surface area (Å²) in [5, 5.41) is 6.26. The van der Waals surface area contributed by atoms with Crippen molar-refractivity contribution in [2.45, 2.75) is 38.6 Å². The van der Waals surface area contributed by atoms with Crippen molar-refractivity contribution in [3.63, 3.8) is 0 Å². The number of carbonyl (C=O) groups excluding carboxylic acids is 1. The van der Waals surface area contributed by atoms with Crippen LogP contribution in [0.4, 0.5) is 14.5 Å². The number of aliphatic imine (C=N–C) groups is 1. The van der Waals surface area contributed by atoms with Crippen molar-refractivity contribution >= 4 is 41.5 Å². The lowest BCUT2D eigenvalue weighted by Crippen LogP contribution is -2.52. The van der Waals surface area contributed by atoms with E-state index in [1.807, 2.05) is 11.8 Å². The molecule has 9 heteroatoms. The molecule has 29 heavy (non-hydrogen) atoms. The van der Waals surface area contributed by atoms with Crippen LogP contribution in [0.15, 0.2) is 23.2 Å². The van der Waals surface area contributed by atoms with Crippen molar-refractivity contribution < 1.29 is 13.6 Å². The van der Waals surface area contributed by atoms with Crippen LogP contribution in [-0.4, -0.2) is 62.1 Å². The van der Waals surface area contributed by atoms with E-state index in [1.165, 1.54) is 12.1 Å². The molecule has 162 valence electrons. The first-order valence-electron chi connectivity index (χ1n) is 10.1. The summed E-state index contributed by atoms with van der Waals surface area (Å²) in [5.74, 6) is 0.0808. The van der Waals surface area contributed by atoms with Gasteiger partial charge in [0.25, 0.3) is 0 Å². The van der Waals surface area contributed by atoms with Crippen LogP contribution in [0, 0.1) is 11.6 Å². The number of hydrogen-bond donors (Lipinski definition) is 2. The summed E-state index contributed by atoms with van der Waals surface area (Å²) < 4.78 is 27.4. The lowest BCUT2D eigenvalue weighted by Gasteiger charge is -2.37. The number of halogens is 3. The molecule has 0 atom stereocenters. The molecule has 2 aliphatic rings. The van der Waals surface area contributed by atoms with Gasteiger partial charge in [-0.05, 0) is 38.3 Å². The Morgan fingerprint density at radius 2 is 1.93 bits per heavy atom. The number of guanidine groups is 1. The fraction of sp³-hybridized carbons (Fsp3) is 0.600. The number of amides is 1. The Hall–Kier alpha value is -1.65. The smallest absolute Gasteiger partial charge is 0.220 e. The molecule has 2 fully saturated rings. The minimum atomic E-state index is -0.431. The van der Waals surface area contributed by atoms with E-state index in [-0.39, 0.29) is 29.9 Å². The van der Waals surface area contributed by atoms with Crippen LogP contribution < -0.4 is 15.5 Å². The van der Waals surface area contributed by atoms with Crippen molar-refractivity contribution in [2.75, 3.05) is 44.2 Å². The van der Waals surface area contributed by atoms with E-state index in [4.69, 9.17) is 0 Å². The molecular formula is C20H30F2IN5O. The lowest BCUT2D eigenvalue weighted by molar-refractivity contribution is -0.121. The maximum Gasteiger partial charge on any atom is 0.220 e. The number of nitrogens with one attached hydrogen (secondary N) is 2. The Morgan fingerprint density at radius 1 is 1.21 bits per heavy atom. The van der Waals surface area contributed by atoms with Crippen LogP contribution >= 0.6 is 24.0 Å². The van der Waals surface area contributed by atoms with Gasteiger partial charge in [0.15, 0.2) is 5.96 Å². The third-order valence-corrected chi connectivity index (χ3v) is 4.93. The van der Waals surface area contributed by atoms with Crippen molar-refractivity contribution in [3.05, 3.63) is 29.8 Å². The Labute approximate surface area is 188 Å². The highest BCUT2D eigenvalue weighted by Gasteiger charge is 2.23. The number of piperazine rings is 1. The molecule has 0 aromatic heterocycles. The summed E-state index contributed by atoms with van der Waals surface area (Å²) >= 11 is 0. The molecule has 1 aliphatic heterocycles. The van der Waals surface area contributed by atoms with Crippen molar-refractivity contribution in [1.29, 1.82) is 0 Å². The maximum atomic E-state index is 14.0. The van der Waals surface area contributed by atoms with Gasteiger partial charge in [-0.2, -0.15) is 0 Å². The third kappa shape index (κ3) is 7.27. The zero-order valence-corrected chi connectivity index (χ0v) is 19.1. The molecule has 1 saturated carbocycles. The highest BCUT2D eigenvalue weighted by atomic mass is 127. The molecule has 1 aromatic rings. The summed E-state index contributed by atoms with van der Waals surface area (Å²) in [6, 6.07) is 3.95. The lowest BCUT2D eigenvalue weighted by atomic mass is 10.2. The second-order valence-corrected chi connectivity index (χ2v) is 7.25. The standard InChI is InChI=1S/C20H29F2N5O.HI/c1-2-23-20(24-9-3-4-19(28)25-16-6-7-16)27-12-10-26(11-13-27)18-14-15(21)5-8-17(18)22;/h5,8,14,16H,2-4,6-7,9-13H2,1H3,(H,23,24)(H,25,28);1H. The number of carbonyl (C=O) groups is 1. The molecule has 0 radical (unpaired) electrons. The fourth-order valence-electron chi connectivity index (χ4n) is 3.27. The second-order valence-electron chi connectivity index (χ2n) is 7.25. The number of anilines is 1. The van der Waals surface area contributed by atoms with Crippen molar-refractivity contribution in [2.24, 2.45) is 4.99 Å². The van der Waals surface area contributed by atoms with E-state index in [0.29, 0.717) is 57.3 Å². The summed E-state index contributed by atoms with van der Waals surface area (Å²) in [6.45, 7) is 5.87. The molecule has 3 rings (SSSR count). The van der Waals surface area contributed by atoms with E-state index < -0.39 is 11.6 Å². The first kappa shape index (κ1) is 23.6. The molecule has 6 nitrogen and oxygen atoms in total. The van der Waals surface area contributed by atoms with Gasteiger partial charge < -0.3 is 20.4 Å². The first-order valence-corrected chi connectivity index (χ1v) is 10.1. The molecule has 0 spiro atoms. The Balaban J connectivity index is 0.00000300. The minimum Gasteiger partial charge on any atom is -0.366 e. The van der Waals surface area contributed by atoms with Crippen LogP contribution in [0.3, 0.4) is 0 Å². The Morgan fingerprint density at radius 3 is 2.59 bits per heavy atom. The molecule has 1 aliphatic carbocycles. The summed E-state index contributed by atoms with van der Waals surface area (Å²) in [4.78, 5) is 20.4. The SMILES string of the molecule is CCNC(=NCCCC(=O)NC1CC1)N1CCN(c2cc(F)ccc2F)CC1.I. The van der Waals surface area contributed by atoms with Crippen LogP contribution in [0.5, 0.6) is 0 Å². The van der Waals surface area contributed by atoms with E-state index in [2.05, 4.69) is 20.5 Å². The van der Waals surface area contributed by atoms with Gasteiger partial charge in [-0.1, -0.05) is 0 Å². The van der Waals surface area contributed by atoms with Gasteiger partial charge in [-0.15, -0.1) is 24.0 Å². The van der Waals surface area contributed by atoms with Gasteiger partial charge in [0.2, 0.25) is 5.91 Å². The van der Waals surface area contributed by atoms with Gasteiger partial charge in [0.1, 0.15) is 11.6 Å². The van der Waals surface area contributed by atoms with E-state index in [1.54, 1.807) is 0 Å². The number of nitrogens with zero attached hydrogens (tertiary/aromatic N) is 3. The quantitative estimate of drug-likeness (QED) is 0.251. The highest BCUT2D eigenvalue weighted by Crippen LogP contribution is 2.22. The molecule has 2 N–H and O–H groups in total. The molecule has 1 aromatic carbocycles. The van der Waals surface area contributed by atoms with Crippen LogP contribution in [0.2, 0.25) is 0 Å². The summed E-state index contributed by atoms with van der Waals surface area (Å²) in [6.07, 6.45) is 3.40. The van der Waals surface area contributed by atoms with Crippen molar-refractivity contribution in [1.82, 2.24) is 15.5 Å². The van der Waals surface area contributed by atoms with Crippen molar-refractivity contribution in [3.8, 4) is 0 Å². The minimum absolute atomic E-state index is 0. The molecule has 1 saturated heterocycles. The maximum absolute atomic E-state index is 14.0. The zero-order valence-electron chi connectivity index (χ0n) is 16.8. The predicted molar refractivity (Wildman–Crippen MR) is 122 cm³/mol. The highest BCUT2D eigenvalue weighted by molar-refractivity contribution is 14.0. The van der Waals surface area contributed by atoms with Gasteiger partial charge in [-0.3, -0.25) is 9.79 Å². The number of hydrogen-bond acceptors (Lipinski definition) is 3. The average molecular weight is 521 g/mol. The predicted octanol–water partition coefficient (Wildman–Crippen LogP) is 2.73. The molecular weight excluding hydrogens is 491 g/mol. The third-order valence-electron chi connectivity index (χ3n) is 4.93. The van der Waals surface area contributed by atoms with Gasteiger partial charge >= 0.3 is 0 Å². The normalized spacial score (nSPS) is 17.0. The summed E-state index contributed by atoms with van der Waals surface area (Å²) in [5.41, 5.74) is 0.309. The Kier molecular flexibility index (Phi) is 9.38. The van der Waals surface area contributed by atoms with Crippen LogP contribution in [0.25, 0.3) is 0 Å². The van der Waals surface area contributed by atoms with Gasteiger partial charge in [0.05, 0.1) is 5.69 Å². The number of benzene rings is 1. The molecule has 0 bridgehead atoms. The second kappa shape index (κ2) is 11.5. The van der Waals surface area contributed by atoms with Crippen LogP contribution in [-0.2, 0) is 4.79 Å². The van der Waals surface area contributed by atoms with Gasteiger partial charge in [0, 0.05) is 57.8 Å². The largest absolute Gasteiger partial charge is 0.366 e. The fourth-order valence-corrected chi connectivity index (χ4v) is 3.27. The topological polar surface area (TPSA) is 60.0 Å². The van der Waals surface area contributed by atoms with Gasteiger partial charge in [-0.25, -0.2) is 8.78 Å². The molecule has 1 heterocycles.